The molecule has 0 bridgehead atoms. The summed E-state index contributed by atoms with van der Waals surface area (Å²) in [7, 11) is 0. The van der Waals surface area contributed by atoms with Crippen molar-refractivity contribution in [3.8, 4) is 0 Å². The molecule has 5 aliphatic rings. The summed E-state index contributed by atoms with van der Waals surface area (Å²) >= 11 is 0. The Kier molecular flexibility index (Phi) is 16.1. The third kappa shape index (κ3) is 12.1. The molecule has 2 saturated heterocycles. The van der Waals surface area contributed by atoms with Crippen LogP contribution in [0.15, 0.2) is 9.98 Å². The lowest BCUT2D eigenvalue weighted by Gasteiger charge is -2.55. The monoisotopic (exact) mass is 791 g/mol. The highest BCUT2D eigenvalue weighted by Gasteiger charge is 2.49. The van der Waals surface area contributed by atoms with Crippen LogP contribution in [0.25, 0.3) is 0 Å². The maximum absolute atomic E-state index is 10.6. The van der Waals surface area contributed by atoms with E-state index in [2.05, 4.69) is 81.1 Å². The molecule has 0 amide bonds. The zero-order valence-corrected chi connectivity index (χ0v) is 36.6. The van der Waals surface area contributed by atoms with E-state index in [1.54, 1.807) is 5.01 Å². The second-order valence-corrected chi connectivity index (χ2v) is 20.5. The molecule has 5 rings (SSSR count). The molecule has 7 N–H and O–H groups in total. The Labute approximate surface area is 339 Å². The van der Waals surface area contributed by atoms with Crippen molar-refractivity contribution >= 4 is 11.8 Å². The van der Waals surface area contributed by atoms with Gasteiger partial charge in [-0.15, -0.1) is 0 Å². The fraction of sp³-hybridized carbons (Fsp3) is 0.953. The molecule has 2 aliphatic carbocycles. The number of piperidine rings is 2. The smallest absolute Gasteiger partial charge is 0.222 e. The number of unbranched alkanes of at least 4 members (excludes halogenated alkanes) is 2. The van der Waals surface area contributed by atoms with E-state index in [1.807, 2.05) is 0 Å². The van der Waals surface area contributed by atoms with Gasteiger partial charge in [0, 0.05) is 35.1 Å². The molecule has 0 aromatic heterocycles. The summed E-state index contributed by atoms with van der Waals surface area (Å²) in [6.07, 6.45) is 17.9. The van der Waals surface area contributed by atoms with E-state index in [0.29, 0.717) is 36.6 Å². The third-order valence-electron chi connectivity index (χ3n) is 13.2. The summed E-state index contributed by atoms with van der Waals surface area (Å²) in [6.45, 7) is 19.8. The van der Waals surface area contributed by atoms with Crippen molar-refractivity contribution in [2.24, 2.45) is 27.7 Å². The van der Waals surface area contributed by atoms with E-state index in [0.717, 1.165) is 122 Å². The Hall–Kier alpha value is -1.42. The van der Waals surface area contributed by atoms with Crippen molar-refractivity contribution < 1.29 is 25.0 Å². The molecule has 324 valence electrons. The van der Waals surface area contributed by atoms with Crippen molar-refractivity contribution in [2.75, 3.05) is 19.7 Å². The van der Waals surface area contributed by atoms with Crippen molar-refractivity contribution in [1.29, 1.82) is 0 Å². The van der Waals surface area contributed by atoms with Crippen LogP contribution in [0.1, 0.15) is 177 Å². The number of hydrazine groups is 1. The number of guanidine groups is 1. The Balaban J connectivity index is 1.04. The molecular formula is C43H82N8O5. The fourth-order valence-corrected chi connectivity index (χ4v) is 11.2. The molecule has 13 nitrogen and oxygen atoms in total. The average Bonchev–Trinajstić information content (AvgIpc) is 3.10. The minimum absolute atomic E-state index is 0.0257. The van der Waals surface area contributed by atoms with Crippen LogP contribution in [0.5, 0.6) is 0 Å². The first kappa shape index (κ1) is 45.7. The highest BCUT2D eigenvalue weighted by atomic mass is 16.7. The second kappa shape index (κ2) is 19.8. The molecule has 5 atom stereocenters. The van der Waals surface area contributed by atoms with Crippen molar-refractivity contribution in [3.63, 3.8) is 0 Å². The molecular weight excluding hydrogens is 709 g/mol. The number of hydrogen-bond acceptors (Lipinski definition) is 11. The summed E-state index contributed by atoms with van der Waals surface area (Å²) in [4.78, 5) is 22.7. The van der Waals surface area contributed by atoms with Crippen molar-refractivity contribution in [1.82, 2.24) is 25.8 Å². The van der Waals surface area contributed by atoms with Crippen LogP contribution in [0.4, 0.5) is 0 Å². The average molecular weight is 791 g/mol. The molecule has 0 radical (unpaired) electrons. The van der Waals surface area contributed by atoms with Gasteiger partial charge in [0.05, 0.1) is 18.8 Å². The number of nitrogens with one attached hydrogen (secondary N) is 2. The zero-order valence-electron chi connectivity index (χ0n) is 36.6. The Morgan fingerprint density at radius 1 is 0.732 bits per heavy atom. The first-order valence-corrected chi connectivity index (χ1v) is 22.5. The minimum Gasteiger partial charge on any atom is -0.396 e. The van der Waals surface area contributed by atoms with Crippen LogP contribution in [0.2, 0.25) is 0 Å². The largest absolute Gasteiger partial charge is 0.396 e. The van der Waals surface area contributed by atoms with Gasteiger partial charge in [-0.05, 0) is 138 Å². The lowest BCUT2D eigenvalue weighted by atomic mass is 9.73. The van der Waals surface area contributed by atoms with E-state index >= 15 is 0 Å². The minimum atomic E-state index is -0.369. The highest BCUT2D eigenvalue weighted by Crippen LogP contribution is 2.46. The van der Waals surface area contributed by atoms with Crippen LogP contribution in [0, 0.1) is 11.8 Å². The lowest BCUT2D eigenvalue weighted by molar-refractivity contribution is -0.325. The van der Waals surface area contributed by atoms with E-state index in [9.17, 15) is 15.3 Å². The van der Waals surface area contributed by atoms with Gasteiger partial charge in [0.25, 0.3) is 0 Å². The molecule has 4 fully saturated rings. The summed E-state index contributed by atoms with van der Waals surface area (Å²) in [5, 5.41) is 43.9. The lowest BCUT2D eigenvalue weighted by Crippen LogP contribution is -2.64. The summed E-state index contributed by atoms with van der Waals surface area (Å²) in [5.41, 5.74) is -0.421. The Bertz CT molecular complexity index is 1260. The van der Waals surface area contributed by atoms with Gasteiger partial charge in [-0.25, -0.2) is 5.84 Å². The normalized spacial score (nSPS) is 32.4. The van der Waals surface area contributed by atoms with E-state index < -0.39 is 0 Å². The first-order valence-electron chi connectivity index (χ1n) is 22.5. The number of hydrogen-bond donors (Lipinski definition) is 6. The standard InChI is InChI=1S/C43H82N8O5/c1-40(2)27-31(28-41(3,4)50(40)55-35-21-11-9-19-33(35)53)17-13-15-24-45-38-47-37(23-26-52)49(44)39(48-38)46-25-16-14-18-32-29-42(5,6)51(43(7,8)30-32)56-36-22-12-10-20-34(36)54/h31-36,39,46,52-54H,9-30,44H2,1-8H3,(H,45,48)/t33-,34-,35-,36-,39?/m1/s1. The summed E-state index contributed by atoms with van der Waals surface area (Å²) in [6, 6.07) is 0. The van der Waals surface area contributed by atoms with Gasteiger partial charge in [0.1, 0.15) is 18.0 Å². The molecule has 0 aromatic carbocycles. The maximum atomic E-state index is 10.6. The van der Waals surface area contributed by atoms with Gasteiger partial charge in [-0.1, -0.05) is 51.4 Å². The van der Waals surface area contributed by atoms with Crippen LogP contribution < -0.4 is 16.5 Å². The maximum Gasteiger partial charge on any atom is 0.222 e. The van der Waals surface area contributed by atoms with Crippen LogP contribution >= 0.6 is 0 Å². The van der Waals surface area contributed by atoms with Gasteiger partial charge < -0.3 is 20.6 Å². The summed E-state index contributed by atoms with van der Waals surface area (Å²) < 4.78 is 0. The molecule has 3 heterocycles. The predicted octanol–water partition coefficient (Wildman–Crippen LogP) is 6.12. The molecule has 2 saturated carbocycles. The number of rotatable bonds is 17. The van der Waals surface area contributed by atoms with Gasteiger partial charge in [0.15, 0.2) is 6.29 Å². The van der Waals surface area contributed by atoms with E-state index in [-0.39, 0.29) is 59.5 Å². The second-order valence-electron chi connectivity index (χ2n) is 20.5. The van der Waals surface area contributed by atoms with Gasteiger partial charge >= 0.3 is 0 Å². The van der Waals surface area contributed by atoms with E-state index in [1.165, 1.54) is 0 Å². The first-order chi connectivity index (χ1) is 26.4. The zero-order chi connectivity index (χ0) is 40.7. The number of nitrogens with two attached hydrogens (primary N) is 1. The number of amidine groups is 1. The van der Waals surface area contributed by atoms with Gasteiger partial charge in [-0.3, -0.25) is 25.0 Å². The number of aliphatic hydroxyl groups is 3. The van der Waals surface area contributed by atoms with Gasteiger partial charge in [-0.2, -0.15) is 15.1 Å². The van der Waals surface area contributed by atoms with Gasteiger partial charge in [0.2, 0.25) is 5.96 Å². The Morgan fingerprint density at radius 3 is 1.66 bits per heavy atom. The topological polar surface area (TPSA) is 164 Å². The van der Waals surface area contributed by atoms with Crippen molar-refractivity contribution in [3.05, 3.63) is 0 Å². The highest BCUT2D eigenvalue weighted by molar-refractivity contribution is 5.98. The summed E-state index contributed by atoms with van der Waals surface area (Å²) in [5.74, 6) is 8.89. The number of aliphatic imine (C=N–C) groups is 2. The van der Waals surface area contributed by atoms with Crippen LogP contribution in [-0.2, 0) is 9.68 Å². The number of hydroxylamine groups is 4. The molecule has 56 heavy (non-hydrogen) atoms. The molecule has 0 spiro atoms. The molecule has 13 heteroatoms. The third-order valence-corrected chi connectivity index (χ3v) is 13.2. The SMILES string of the molecule is CC1(C)CC(CCCCN=C2N=C(CCO)N(N)C(NCCCCC3CC(C)(C)N(O[C@@H]4CCCC[C@H]4O)C(C)(C)C3)N2)CC(C)(C)N1O[C@@H]1CCCC[C@H]1O. The number of nitrogens with zero attached hydrogens (tertiary/aromatic N) is 5. The molecule has 0 aromatic rings. The molecule has 1 unspecified atom stereocenters. The Morgan fingerprint density at radius 2 is 1.20 bits per heavy atom. The molecule has 3 aliphatic heterocycles. The van der Waals surface area contributed by atoms with Crippen molar-refractivity contribution in [2.45, 2.75) is 230 Å². The predicted molar refractivity (Wildman–Crippen MR) is 224 cm³/mol. The van der Waals surface area contributed by atoms with Crippen LogP contribution in [0.3, 0.4) is 0 Å². The fourth-order valence-electron chi connectivity index (χ4n) is 11.2. The quantitative estimate of drug-likeness (QED) is 0.0743. The van der Waals surface area contributed by atoms with E-state index in [4.69, 9.17) is 20.5 Å². The number of aliphatic hydroxyl groups excluding tert-OH is 3. The van der Waals surface area contributed by atoms with Crippen LogP contribution in [-0.4, -0.2) is 115 Å².